The molecule has 15 heavy (non-hydrogen) atoms. The molecule has 0 aromatic heterocycles. The molecule has 1 saturated carbocycles. The largest absolute Gasteiger partial charge is 0.392 e. The average Bonchev–Trinajstić information content (AvgIpc) is 2.22. The fraction of sp³-hybridized carbons (Fsp3) is 0.500. The Morgan fingerprint density at radius 3 is 2.80 bits per heavy atom. The molecule has 82 valence electrons. The summed E-state index contributed by atoms with van der Waals surface area (Å²) in [7, 11) is 0. The Labute approximate surface area is 103 Å². The van der Waals surface area contributed by atoms with Crippen LogP contribution in [0.1, 0.15) is 25.7 Å². The van der Waals surface area contributed by atoms with Crippen LogP contribution in [0.3, 0.4) is 0 Å². The number of aliphatic hydroxyl groups is 1. The molecule has 0 bridgehead atoms. The number of halogens is 1. The van der Waals surface area contributed by atoms with Crippen molar-refractivity contribution in [2.45, 2.75) is 41.9 Å². The summed E-state index contributed by atoms with van der Waals surface area (Å²) in [5.74, 6) is 0. The predicted octanol–water partition coefficient (Wildman–Crippen LogP) is 3.84. The predicted molar refractivity (Wildman–Crippen MR) is 68.3 cm³/mol. The van der Waals surface area contributed by atoms with Crippen molar-refractivity contribution >= 4 is 27.7 Å². The van der Waals surface area contributed by atoms with Crippen molar-refractivity contribution in [3.63, 3.8) is 0 Å². The van der Waals surface area contributed by atoms with E-state index in [9.17, 15) is 5.11 Å². The van der Waals surface area contributed by atoms with Crippen LogP contribution in [0.2, 0.25) is 0 Å². The highest BCUT2D eigenvalue weighted by molar-refractivity contribution is 9.10. The molecule has 1 N–H and O–H groups in total. The molecule has 0 amide bonds. The van der Waals surface area contributed by atoms with Crippen LogP contribution in [0, 0.1) is 0 Å². The minimum atomic E-state index is -0.122. The summed E-state index contributed by atoms with van der Waals surface area (Å²) < 4.78 is 1.11. The van der Waals surface area contributed by atoms with Crippen LogP contribution >= 0.6 is 27.7 Å². The molecule has 1 nitrogen and oxygen atoms in total. The molecule has 1 fully saturated rings. The van der Waals surface area contributed by atoms with Crippen molar-refractivity contribution in [1.29, 1.82) is 0 Å². The van der Waals surface area contributed by atoms with Gasteiger partial charge in [0, 0.05) is 14.6 Å². The van der Waals surface area contributed by atoms with E-state index >= 15 is 0 Å². The van der Waals surface area contributed by atoms with Crippen LogP contribution in [0.5, 0.6) is 0 Å². The molecule has 0 radical (unpaired) electrons. The van der Waals surface area contributed by atoms with E-state index in [1.165, 1.54) is 17.7 Å². The van der Waals surface area contributed by atoms with E-state index in [1.54, 1.807) is 11.8 Å². The lowest BCUT2D eigenvalue weighted by molar-refractivity contribution is 0.137. The van der Waals surface area contributed by atoms with E-state index in [0.717, 1.165) is 17.3 Å². The third-order valence-electron chi connectivity index (χ3n) is 2.75. The van der Waals surface area contributed by atoms with Gasteiger partial charge in [-0.05, 0) is 31.0 Å². The quantitative estimate of drug-likeness (QED) is 0.891. The van der Waals surface area contributed by atoms with E-state index in [0.29, 0.717) is 5.25 Å². The van der Waals surface area contributed by atoms with Crippen LogP contribution in [-0.4, -0.2) is 16.5 Å². The van der Waals surface area contributed by atoms with Crippen LogP contribution in [-0.2, 0) is 0 Å². The Kier molecular flexibility index (Phi) is 4.12. The Morgan fingerprint density at radius 1 is 1.27 bits per heavy atom. The SMILES string of the molecule is O[C@H]1CCCC[C@@H]1Sc1cccc(Br)c1. The van der Waals surface area contributed by atoms with E-state index in [1.807, 2.05) is 12.1 Å². The highest BCUT2D eigenvalue weighted by Crippen LogP contribution is 2.34. The second kappa shape index (κ2) is 5.37. The number of benzene rings is 1. The fourth-order valence-electron chi connectivity index (χ4n) is 1.93. The topological polar surface area (TPSA) is 20.2 Å². The van der Waals surface area contributed by atoms with Gasteiger partial charge in [-0.1, -0.05) is 34.8 Å². The first-order chi connectivity index (χ1) is 7.25. The number of hydrogen-bond acceptors (Lipinski definition) is 2. The molecule has 0 unspecified atom stereocenters. The molecule has 2 rings (SSSR count). The van der Waals surface area contributed by atoms with E-state index in [2.05, 4.69) is 28.1 Å². The van der Waals surface area contributed by atoms with Crippen molar-refractivity contribution in [2.24, 2.45) is 0 Å². The third-order valence-corrected chi connectivity index (χ3v) is 4.62. The second-order valence-corrected chi connectivity index (χ2v) is 6.19. The maximum Gasteiger partial charge on any atom is 0.0662 e. The molecule has 1 aromatic rings. The Bertz CT molecular complexity index is 329. The Balaban J connectivity index is 2.01. The summed E-state index contributed by atoms with van der Waals surface area (Å²) in [6, 6.07) is 8.30. The Morgan fingerprint density at radius 2 is 2.07 bits per heavy atom. The van der Waals surface area contributed by atoms with Gasteiger partial charge >= 0.3 is 0 Å². The van der Waals surface area contributed by atoms with Crippen molar-refractivity contribution in [3.8, 4) is 0 Å². The van der Waals surface area contributed by atoms with Gasteiger partial charge in [0.25, 0.3) is 0 Å². The molecule has 3 heteroatoms. The first kappa shape index (κ1) is 11.5. The number of rotatable bonds is 2. The molecule has 1 aliphatic rings. The van der Waals surface area contributed by atoms with Gasteiger partial charge in [0.05, 0.1) is 6.10 Å². The van der Waals surface area contributed by atoms with Crippen molar-refractivity contribution < 1.29 is 5.11 Å². The second-order valence-electron chi connectivity index (χ2n) is 3.97. The molecule has 0 spiro atoms. The lowest BCUT2D eigenvalue weighted by Gasteiger charge is -2.26. The van der Waals surface area contributed by atoms with E-state index < -0.39 is 0 Å². The summed E-state index contributed by atoms with van der Waals surface area (Å²) >= 11 is 5.27. The van der Waals surface area contributed by atoms with E-state index in [-0.39, 0.29) is 6.10 Å². The minimum absolute atomic E-state index is 0.122. The molecule has 0 saturated heterocycles. The van der Waals surface area contributed by atoms with Crippen LogP contribution in [0.25, 0.3) is 0 Å². The van der Waals surface area contributed by atoms with Crippen LogP contribution < -0.4 is 0 Å². The first-order valence-corrected chi connectivity index (χ1v) is 7.03. The van der Waals surface area contributed by atoms with Crippen LogP contribution in [0.15, 0.2) is 33.6 Å². The van der Waals surface area contributed by atoms with Crippen molar-refractivity contribution in [1.82, 2.24) is 0 Å². The van der Waals surface area contributed by atoms with Gasteiger partial charge in [0.1, 0.15) is 0 Å². The fourth-order valence-corrected chi connectivity index (χ4v) is 3.76. The van der Waals surface area contributed by atoms with Crippen molar-refractivity contribution in [3.05, 3.63) is 28.7 Å². The van der Waals surface area contributed by atoms with Gasteiger partial charge in [-0.25, -0.2) is 0 Å². The van der Waals surface area contributed by atoms with Gasteiger partial charge in [0.2, 0.25) is 0 Å². The highest BCUT2D eigenvalue weighted by atomic mass is 79.9. The van der Waals surface area contributed by atoms with Crippen LogP contribution in [0.4, 0.5) is 0 Å². The lowest BCUT2D eigenvalue weighted by atomic mass is 9.97. The van der Waals surface area contributed by atoms with Gasteiger partial charge in [-0.15, -0.1) is 11.8 Å². The molecule has 0 heterocycles. The smallest absolute Gasteiger partial charge is 0.0662 e. The minimum Gasteiger partial charge on any atom is -0.392 e. The van der Waals surface area contributed by atoms with Gasteiger partial charge in [-0.3, -0.25) is 0 Å². The summed E-state index contributed by atoms with van der Waals surface area (Å²) in [5.41, 5.74) is 0. The molecule has 1 aliphatic carbocycles. The summed E-state index contributed by atoms with van der Waals surface area (Å²) in [4.78, 5) is 1.25. The zero-order valence-electron chi connectivity index (χ0n) is 8.53. The van der Waals surface area contributed by atoms with Gasteiger partial charge in [0.15, 0.2) is 0 Å². The van der Waals surface area contributed by atoms with Crippen molar-refractivity contribution in [2.75, 3.05) is 0 Å². The molecular weight excluding hydrogens is 272 g/mol. The molecule has 1 aromatic carbocycles. The van der Waals surface area contributed by atoms with Gasteiger partial charge < -0.3 is 5.11 Å². The number of thioether (sulfide) groups is 1. The Hall–Kier alpha value is 0.01000. The molecule has 2 atom stereocenters. The van der Waals surface area contributed by atoms with Gasteiger partial charge in [-0.2, -0.15) is 0 Å². The summed E-state index contributed by atoms with van der Waals surface area (Å²) in [6.45, 7) is 0. The lowest BCUT2D eigenvalue weighted by Crippen LogP contribution is -2.26. The number of hydrogen-bond donors (Lipinski definition) is 1. The zero-order valence-corrected chi connectivity index (χ0v) is 10.9. The molecular formula is C12H15BrOS. The maximum absolute atomic E-state index is 9.87. The zero-order chi connectivity index (χ0) is 10.7. The summed E-state index contributed by atoms with van der Waals surface area (Å²) in [5, 5.41) is 10.2. The first-order valence-electron chi connectivity index (χ1n) is 5.36. The maximum atomic E-state index is 9.87. The van der Waals surface area contributed by atoms with E-state index in [4.69, 9.17) is 0 Å². The molecule has 0 aliphatic heterocycles. The number of aliphatic hydroxyl groups excluding tert-OH is 1. The third kappa shape index (κ3) is 3.23. The highest BCUT2D eigenvalue weighted by Gasteiger charge is 2.23. The monoisotopic (exact) mass is 286 g/mol. The average molecular weight is 287 g/mol. The standard InChI is InChI=1S/C12H15BrOS/c13-9-4-3-5-10(8-9)15-12-7-2-1-6-11(12)14/h3-5,8,11-12,14H,1-2,6-7H2/t11-,12-/m0/s1. The normalized spacial score (nSPS) is 26.5. The summed E-state index contributed by atoms with van der Waals surface area (Å²) in [6.07, 6.45) is 4.41.